The van der Waals surface area contributed by atoms with Gasteiger partial charge in [0, 0.05) is 18.8 Å². The number of aromatic nitrogens is 1. The van der Waals surface area contributed by atoms with E-state index in [2.05, 4.69) is 16.8 Å². The highest BCUT2D eigenvalue weighted by Gasteiger charge is 2.29. The molecule has 0 saturated heterocycles. The monoisotopic (exact) mass is 220 g/mol. The third-order valence-corrected chi connectivity index (χ3v) is 3.00. The Balaban J connectivity index is 2.11. The second-order valence-corrected chi connectivity index (χ2v) is 4.55. The van der Waals surface area contributed by atoms with Gasteiger partial charge in [0.25, 0.3) is 0 Å². The van der Waals surface area contributed by atoms with Crippen LogP contribution in [0.3, 0.4) is 0 Å². The van der Waals surface area contributed by atoms with Gasteiger partial charge in [-0.15, -0.1) is 0 Å². The van der Waals surface area contributed by atoms with Gasteiger partial charge in [-0.25, -0.2) is 4.98 Å². The van der Waals surface area contributed by atoms with E-state index in [1.165, 1.54) is 12.8 Å². The second kappa shape index (κ2) is 4.83. The molecule has 2 rings (SSSR count). The predicted octanol–water partition coefficient (Wildman–Crippen LogP) is 2.51. The van der Waals surface area contributed by atoms with E-state index in [9.17, 15) is 5.11 Å². The van der Waals surface area contributed by atoms with Crippen LogP contribution in [-0.4, -0.2) is 22.7 Å². The highest BCUT2D eigenvalue weighted by Crippen LogP contribution is 2.30. The van der Waals surface area contributed by atoms with Crippen LogP contribution in [0.5, 0.6) is 0 Å². The fourth-order valence-electron chi connectivity index (χ4n) is 1.93. The zero-order chi connectivity index (χ0) is 11.5. The van der Waals surface area contributed by atoms with E-state index in [1.54, 1.807) is 13.1 Å². The molecule has 1 N–H and O–H groups in total. The topological polar surface area (TPSA) is 36.4 Å². The molecule has 0 aliphatic heterocycles. The molecule has 3 heteroatoms. The van der Waals surface area contributed by atoms with Crippen LogP contribution in [0.15, 0.2) is 18.3 Å². The summed E-state index contributed by atoms with van der Waals surface area (Å²) in [6, 6.07) is 4.69. The van der Waals surface area contributed by atoms with Gasteiger partial charge in [0.1, 0.15) is 5.82 Å². The highest BCUT2D eigenvalue weighted by atomic mass is 16.3. The van der Waals surface area contributed by atoms with Gasteiger partial charge < -0.3 is 10.0 Å². The van der Waals surface area contributed by atoms with Gasteiger partial charge in [-0.3, -0.25) is 0 Å². The van der Waals surface area contributed by atoms with Crippen LogP contribution in [-0.2, 0) is 0 Å². The van der Waals surface area contributed by atoms with Crippen LogP contribution in [0.4, 0.5) is 5.82 Å². The van der Waals surface area contributed by atoms with Crippen molar-refractivity contribution in [3.05, 3.63) is 23.9 Å². The van der Waals surface area contributed by atoms with Crippen LogP contribution < -0.4 is 4.90 Å². The fraction of sp³-hybridized carbons (Fsp3) is 0.615. The third-order valence-electron chi connectivity index (χ3n) is 3.00. The molecule has 0 unspecified atom stereocenters. The Morgan fingerprint density at radius 3 is 2.69 bits per heavy atom. The molecule has 0 aromatic carbocycles. The van der Waals surface area contributed by atoms with Crippen LogP contribution in [0.2, 0.25) is 0 Å². The molecular weight excluding hydrogens is 200 g/mol. The summed E-state index contributed by atoms with van der Waals surface area (Å²) in [4.78, 5) is 6.83. The van der Waals surface area contributed by atoms with Crippen molar-refractivity contribution in [3.8, 4) is 0 Å². The van der Waals surface area contributed by atoms with Crippen molar-refractivity contribution in [1.29, 1.82) is 0 Å². The maximum atomic E-state index is 9.42. The van der Waals surface area contributed by atoms with Gasteiger partial charge in [-0.1, -0.05) is 13.0 Å². The van der Waals surface area contributed by atoms with Gasteiger partial charge in [-0.05, 0) is 37.8 Å². The summed E-state index contributed by atoms with van der Waals surface area (Å²) in [7, 11) is 0. The van der Waals surface area contributed by atoms with Gasteiger partial charge in [-0.2, -0.15) is 0 Å². The summed E-state index contributed by atoms with van der Waals surface area (Å²) in [5, 5.41) is 9.42. The number of pyridine rings is 1. The molecule has 1 atom stereocenters. The summed E-state index contributed by atoms with van der Waals surface area (Å²) < 4.78 is 0. The van der Waals surface area contributed by atoms with Gasteiger partial charge in [0.15, 0.2) is 0 Å². The standard InChI is InChI=1S/C13H20N2O/c1-3-8-15(12-5-6-12)13-7-4-11(9-14-13)10(2)16/h4,7,9-10,12,16H,3,5-6,8H2,1-2H3/t10-/m1/s1. The maximum absolute atomic E-state index is 9.42. The van der Waals surface area contributed by atoms with Crippen molar-refractivity contribution in [2.24, 2.45) is 0 Å². The van der Waals surface area contributed by atoms with Crippen LogP contribution >= 0.6 is 0 Å². The molecule has 1 aromatic heterocycles. The third kappa shape index (κ3) is 2.53. The first kappa shape index (κ1) is 11.4. The summed E-state index contributed by atoms with van der Waals surface area (Å²) in [6.45, 7) is 5.03. The normalized spacial score (nSPS) is 17.2. The molecule has 88 valence electrons. The number of aliphatic hydroxyl groups is 1. The SMILES string of the molecule is CCCN(c1ccc([C@@H](C)O)cn1)C1CC1. The number of hydrogen-bond donors (Lipinski definition) is 1. The minimum atomic E-state index is -0.429. The molecule has 1 aromatic rings. The summed E-state index contributed by atoms with van der Waals surface area (Å²) in [5.74, 6) is 1.05. The number of hydrogen-bond acceptors (Lipinski definition) is 3. The average Bonchev–Trinajstić information content (AvgIpc) is 3.10. The van der Waals surface area contributed by atoms with E-state index in [0.29, 0.717) is 6.04 Å². The Morgan fingerprint density at radius 2 is 2.25 bits per heavy atom. The van der Waals surface area contributed by atoms with Gasteiger partial charge in [0.05, 0.1) is 6.10 Å². The molecular formula is C13H20N2O. The molecule has 1 heterocycles. The first-order valence-corrected chi connectivity index (χ1v) is 6.13. The summed E-state index contributed by atoms with van der Waals surface area (Å²) in [5.41, 5.74) is 0.885. The number of rotatable bonds is 5. The predicted molar refractivity (Wildman–Crippen MR) is 65.5 cm³/mol. The van der Waals surface area contributed by atoms with Crippen molar-refractivity contribution in [2.75, 3.05) is 11.4 Å². The van der Waals surface area contributed by atoms with Crippen LogP contribution in [0.25, 0.3) is 0 Å². The first-order valence-electron chi connectivity index (χ1n) is 6.13. The minimum absolute atomic E-state index is 0.429. The quantitative estimate of drug-likeness (QED) is 0.828. The molecule has 0 amide bonds. The van der Waals surface area contributed by atoms with Crippen LogP contribution in [0, 0.1) is 0 Å². The Kier molecular flexibility index (Phi) is 3.44. The maximum Gasteiger partial charge on any atom is 0.128 e. The van der Waals surface area contributed by atoms with Crippen molar-refractivity contribution < 1.29 is 5.11 Å². The van der Waals surface area contributed by atoms with E-state index in [-0.39, 0.29) is 0 Å². The zero-order valence-electron chi connectivity index (χ0n) is 10.1. The Bertz CT molecular complexity index is 330. The van der Waals surface area contributed by atoms with Gasteiger partial charge in [0.2, 0.25) is 0 Å². The van der Waals surface area contributed by atoms with E-state index in [0.717, 1.165) is 24.3 Å². The van der Waals surface area contributed by atoms with Crippen molar-refractivity contribution in [3.63, 3.8) is 0 Å². The van der Waals surface area contributed by atoms with Crippen molar-refractivity contribution >= 4 is 5.82 Å². The van der Waals surface area contributed by atoms with Crippen molar-refractivity contribution in [2.45, 2.75) is 45.3 Å². The molecule has 1 aliphatic rings. The largest absolute Gasteiger partial charge is 0.389 e. The van der Waals surface area contributed by atoms with Crippen molar-refractivity contribution in [1.82, 2.24) is 4.98 Å². The summed E-state index contributed by atoms with van der Waals surface area (Å²) >= 11 is 0. The lowest BCUT2D eigenvalue weighted by Gasteiger charge is -2.23. The van der Waals surface area contributed by atoms with E-state index in [1.807, 2.05) is 12.1 Å². The molecule has 1 aliphatic carbocycles. The molecule has 3 nitrogen and oxygen atoms in total. The van der Waals surface area contributed by atoms with E-state index < -0.39 is 6.10 Å². The second-order valence-electron chi connectivity index (χ2n) is 4.55. The lowest BCUT2D eigenvalue weighted by atomic mass is 10.2. The average molecular weight is 220 g/mol. The Labute approximate surface area is 97.1 Å². The summed E-state index contributed by atoms with van der Waals surface area (Å²) in [6.07, 6.45) is 5.09. The van der Waals surface area contributed by atoms with Gasteiger partial charge >= 0.3 is 0 Å². The number of nitrogens with zero attached hydrogens (tertiary/aromatic N) is 2. The smallest absolute Gasteiger partial charge is 0.128 e. The van der Waals surface area contributed by atoms with E-state index in [4.69, 9.17) is 0 Å². The number of aliphatic hydroxyl groups excluding tert-OH is 1. The Morgan fingerprint density at radius 1 is 1.50 bits per heavy atom. The molecule has 1 saturated carbocycles. The molecule has 1 fully saturated rings. The highest BCUT2D eigenvalue weighted by molar-refractivity contribution is 5.42. The first-order chi connectivity index (χ1) is 7.72. The fourth-order valence-corrected chi connectivity index (χ4v) is 1.93. The molecule has 16 heavy (non-hydrogen) atoms. The lowest BCUT2D eigenvalue weighted by molar-refractivity contribution is 0.199. The molecule has 0 radical (unpaired) electrons. The number of anilines is 1. The Hall–Kier alpha value is -1.09. The zero-order valence-corrected chi connectivity index (χ0v) is 10.1. The van der Waals surface area contributed by atoms with E-state index >= 15 is 0 Å². The van der Waals surface area contributed by atoms with Crippen LogP contribution in [0.1, 0.15) is 44.8 Å². The lowest BCUT2D eigenvalue weighted by Crippen LogP contribution is -2.27. The minimum Gasteiger partial charge on any atom is -0.389 e. The molecule has 0 spiro atoms. The molecule has 0 bridgehead atoms.